The van der Waals surface area contributed by atoms with Gasteiger partial charge in [0.05, 0.1) is 0 Å². The van der Waals surface area contributed by atoms with Crippen LogP contribution in [0, 0.1) is 5.92 Å². The third-order valence-corrected chi connectivity index (χ3v) is 6.99. The number of fused-ring (bicyclic) bond motifs is 1. The number of hydrogen-bond donors (Lipinski definition) is 2. The van der Waals surface area contributed by atoms with Gasteiger partial charge in [0.25, 0.3) is 0 Å². The first kappa shape index (κ1) is 26.0. The summed E-state index contributed by atoms with van der Waals surface area (Å²) in [5.41, 5.74) is 3.95. The van der Waals surface area contributed by atoms with Gasteiger partial charge in [0.15, 0.2) is 11.5 Å². The number of carbonyl (C=O) groups is 2. The lowest BCUT2D eigenvalue weighted by atomic mass is 9.79. The second-order valence-corrected chi connectivity index (χ2v) is 9.69. The molecule has 6 heteroatoms. The number of benzene rings is 4. The number of nitrogens with one attached hydrogen (secondary N) is 2. The van der Waals surface area contributed by atoms with Crippen molar-refractivity contribution in [3.8, 4) is 11.5 Å². The zero-order valence-electron chi connectivity index (χ0n) is 21.7. The molecule has 0 saturated heterocycles. The highest BCUT2D eigenvalue weighted by molar-refractivity contribution is 5.83. The summed E-state index contributed by atoms with van der Waals surface area (Å²) in [6.07, 6.45) is 0.633. The molecule has 4 aromatic rings. The third-order valence-electron chi connectivity index (χ3n) is 6.99. The van der Waals surface area contributed by atoms with Gasteiger partial charge in [0.1, 0.15) is 0 Å². The molecule has 0 radical (unpaired) electrons. The zero-order valence-corrected chi connectivity index (χ0v) is 21.7. The first-order valence-corrected chi connectivity index (χ1v) is 13.2. The smallest absolute Gasteiger partial charge is 0.231 e. The summed E-state index contributed by atoms with van der Waals surface area (Å²) in [7, 11) is 0. The molecule has 0 saturated carbocycles. The number of amides is 2. The first-order chi connectivity index (χ1) is 19.2. The van der Waals surface area contributed by atoms with Crippen LogP contribution in [0.15, 0.2) is 109 Å². The van der Waals surface area contributed by atoms with Crippen molar-refractivity contribution in [3.63, 3.8) is 0 Å². The quantitative estimate of drug-likeness (QED) is 0.278. The van der Waals surface area contributed by atoms with Crippen molar-refractivity contribution < 1.29 is 19.1 Å². The molecule has 0 unspecified atom stereocenters. The van der Waals surface area contributed by atoms with Crippen LogP contribution in [-0.2, 0) is 29.1 Å². The van der Waals surface area contributed by atoms with Gasteiger partial charge in [-0.25, -0.2) is 0 Å². The van der Waals surface area contributed by atoms with E-state index in [0.29, 0.717) is 31.0 Å². The highest BCUT2D eigenvalue weighted by atomic mass is 16.7. The molecule has 0 bridgehead atoms. The summed E-state index contributed by atoms with van der Waals surface area (Å²) in [6, 6.07) is 35.2. The Morgan fingerprint density at radius 3 is 1.92 bits per heavy atom. The van der Waals surface area contributed by atoms with Gasteiger partial charge >= 0.3 is 0 Å². The molecular formula is C33H32N2O4. The van der Waals surface area contributed by atoms with E-state index in [-0.39, 0.29) is 30.9 Å². The minimum atomic E-state index is -0.487. The lowest BCUT2D eigenvalue weighted by Crippen LogP contribution is -2.37. The lowest BCUT2D eigenvalue weighted by molar-refractivity contribution is -0.127. The lowest BCUT2D eigenvalue weighted by Gasteiger charge is -2.27. The van der Waals surface area contributed by atoms with E-state index in [1.54, 1.807) is 0 Å². The van der Waals surface area contributed by atoms with E-state index < -0.39 is 5.92 Å². The molecule has 39 heavy (non-hydrogen) atoms. The van der Waals surface area contributed by atoms with E-state index in [1.807, 2.05) is 109 Å². The normalized spacial score (nSPS) is 13.3. The molecule has 2 N–H and O–H groups in total. The Morgan fingerprint density at radius 2 is 1.26 bits per heavy atom. The predicted molar refractivity (Wildman–Crippen MR) is 150 cm³/mol. The average molecular weight is 521 g/mol. The largest absolute Gasteiger partial charge is 0.454 e. The van der Waals surface area contributed by atoms with Crippen LogP contribution in [0.5, 0.6) is 11.5 Å². The third kappa shape index (κ3) is 7.05. The molecule has 2 atom stereocenters. The van der Waals surface area contributed by atoms with Crippen LogP contribution in [0.1, 0.15) is 34.6 Å². The van der Waals surface area contributed by atoms with Gasteiger partial charge < -0.3 is 20.1 Å². The SMILES string of the molecule is O=C(C[C@H](c1ccccc1)[C@H](Cc1ccc2c(c1)OCO2)C(=O)NCc1ccccc1)NCc1ccccc1. The van der Waals surface area contributed by atoms with E-state index in [1.165, 1.54) is 0 Å². The zero-order chi connectivity index (χ0) is 26.9. The molecule has 0 aliphatic carbocycles. The van der Waals surface area contributed by atoms with Crippen molar-refractivity contribution in [3.05, 3.63) is 131 Å². The van der Waals surface area contributed by atoms with Gasteiger partial charge in [-0.15, -0.1) is 0 Å². The molecule has 1 aliphatic heterocycles. The molecule has 198 valence electrons. The molecule has 6 nitrogen and oxygen atoms in total. The molecule has 1 heterocycles. The highest BCUT2D eigenvalue weighted by Gasteiger charge is 2.32. The van der Waals surface area contributed by atoms with Crippen LogP contribution < -0.4 is 20.1 Å². The van der Waals surface area contributed by atoms with Crippen molar-refractivity contribution >= 4 is 11.8 Å². The van der Waals surface area contributed by atoms with E-state index in [4.69, 9.17) is 9.47 Å². The van der Waals surface area contributed by atoms with Gasteiger partial charge in [-0.3, -0.25) is 9.59 Å². The van der Waals surface area contributed by atoms with Crippen molar-refractivity contribution in [1.82, 2.24) is 10.6 Å². The second kappa shape index (κ2) is 12.8. The summed E-state index contributed by atoms with van der Waals surface area (Å²) >= 11 is 0. The Morgan fingerprint density at radius 1 is 0.667 bits per heavy atom. The fourth-order valence-corrected chi connectivity index (χ4v) is 4.92. The molecule has 0 fully saturated rings. The second-order valence-electron chi connectivity index (χ2n) is 9.69. The van der Waals surface area contributed by atoms with Gasteiger partial charge in [0, 0.05) is 31.3 Å². The standard InChI is InChI=1S/C33H32N2O4/c36-32(34-21-24-10-4-1-5-11-24)20-28(27-14-8-3-9-15-27)29(33(37)35-22-25-12-6-2-7-13-25)18-26-16-17-30-31(19-26)39-23-38-30/h1-17,19,28-29H,18,20-23H2,(H,34,36)(H,35,37)/t28-,29+/m1/s1. The van der Waals surface area contributed by atoms with E-state index in [0.717, 1.165) is 22.3 Å². The molecule has 4 aromatic carbocycles. The van der Waals surface area contributed by atoms with Crippen LogP contribution >= 0.6 is 0 Å². The molecule has 0 aromatic heterocycles. The summed E-state index contributed by atoms with van der Waals surface area (Å²) in [6.45, 7) is 1.04. The van der Waals surface area contributed by atoms with Crippen LogP contribution in [-0.4, -0.2) is 18.6 Å². The van der Waals surface area contributed by atoms with E-state index in [9.17, 15) is 9.59 Å². The van der Waals surface area contributed by atoms with Crippen molar-refractivity contribution in [1.29, 1.82) is 0 Å². The molecule has 0 spiro atoms. The maximum Gasteiger partial charge on any atom is 0.231 e. The van der Waals surface area contributed by atoms with Crippen molar-refractivity contribution in [2.75, 3.05) is 6.79 Å². The maximum absolute atomic E-state index is 13.8. The Balaban J connectivity index is 1.40. The predicted octanol–water partition coefficient (Wildman–Crippen LogP) is 5.38. The van der Waals surface area contributed by atoms with Crippen LogP contribution in [0.2, 0.25) is 0 Å². The van der Waals surface area contributed by atoms with Crippen molar-refractivity contribution in [2.45, 2.75) is 31.8 Å². The average Bonchev–Trinajstić information content (AvgIpc) is 3.46. The minimum Gasteiger partial charge on any atom is -0.454 e. The highest BCUT2D eigenvalue weighted by Crippen LogP contribution is 2.36. The number of ether oxygens (including phenoxy) is 2. The monoisotopic (exact) mass is 520 g/mol. The first-order valence-electron chi connectivity index (χ1n) is 13.2. The van der Waals surface area contributed by atoms with E-state index >= 15 is 0 Å². The topological polar surface area (TPSA) is 76.7 Å². The minimum absolute atomic E-state index is 0.0961. The molecular weight excluding hydrogens is 488 g/mol. The Bertz CT molecular complexity index is 1380. The van der Waals surface area contributed by atoms with Crippen LogP contribution in [0.25, 0.3) is 0 Å². The van der Waals surface area contributed by atoms with Gasteiger partial charge in [-0.2, -0.15) is 0 Å². The van der Waals surface area contributed by atoms with Crippen LogP contribution in [0.4, 0.5) is 0 Å². The summed E-state index contributed by atoms with van der Waals surface area (Å²) in [5.74, 6) is 0.360. The summed E-state index contributed by atoms with van der Waals surface area (Å²) in [4.78, 5) is 27.1. The van der Waals surface area contributed by atoms with E-state index in [2.05, 4.69) is 10.6 Å². The fraction of sp³-hybridized carbons (Fsp3) is 0.212. The van der Waals surface area contributed by atoms with Gasteiger partial charge in [-0.1, -0.05) is 97.1 Å². The molecule has 1 aliphatic rings. The molecule has 2 amide bonds. The summed E-state index contributed by atoms with van der Waals surface area (Å²) < 4.78 is 11.1. The summed E-state index contributed by atoms with van der Waals surface area (Å²) in [5, 5.41) is 6.17. The number of hydrogen-bond acceptors (Lipinski definition) is 4. The Hall–Kier alpha value is -4.58. The Labute approximate surface area is 229 Å². The molecule has 5 rings (SSSR count). The van der Waals surface area contributed by atoms with Crippen molar-refractivity contribution in [2.24, 2.45) is 5.92 Å². The van der Waals surface area contributed by atoms with Crippen LogP contribution in [0.3, 0.4) is 0 Å². The Kier molecular flexibility index (Phi) is 8.54. The van der Waals surface area contributed by atoms with Gasteiger partial charge in [0.2, 0.25) is 18.6 Å². The maximum atomic E-state index is 13.8. The fourth-order valence-electron chi connectivity index (χ4n) is 4.92. The number of carbonyl (C=O) groups excluding carboxylic acids is 2. The number of rotatable bonds is 11. The van der Waals surface area contributed by atoms with Gasteiger partial charge in [-0.05, 0) is 40.8 Å².